The van der Waals surface area contributed by atoms with Gasteiger partial charge in [-0.15, -0.1) is 0 Å². The summed E-state index contributed by atoms with van der Waals surface area (Å²) in [6.45, 7) is 0. The molecule has 0 fully saturated rings. The molecule has 96 valence electrons. The number of nitrogens with one attached hydrogen (secondary N) is 2. The Morgan fingerprint density at radius 3 is 1.68 bits per heavy atom. The zero-order valence-corrected chi connectivity index (χ0v) is 12.0. The summed E-state index contributed by atoms with van der Waals surface area (Å²) in [6.07, 6.45) is 6.21. The number of rotatable bonds is 2. The van der Waals surface area contributed by atoms with Crippen LogP contribution in [0.4, 0.5) is 0 Å². The minimum absolute atomic E-state index is 0.307. The van der Waals surface area contributed by atoms with E-state index in [9.17, 15) is 9.59 Å². The molecule has 0 atom stereocenters. The van der Waals surface area contributed by atoms with Crippen LogP contribution in [-0.4, -0.2) is 20.2 Å². The largest absolute Gasteiger partial charge is 0.367 e. The van der Waals surface area contributed by atoms with Crippen LogP contribution in [0, 0.1) is 9.02 Å². The number of carbonyl (C=O) groups is 2. The highest BCUT2D eigenvalue weighted by Crippen LogP contribution is 2.18. The average Bonchev–Trinajstić information content (AvgIpc) is 2.39. The third-order valence-corrected chi connectivity index (χ3v) is 3.80. The number of pyridine rings is 2. The Hall–Kier alpha value is -1.57. The fourth-order valence-electron chi connectivity index (χ4n) is 1.35. The van der Waals surface area contributed by atoms with Crippen LogP contribution in [0.5, 0.6) is 0 Å². The third kappa shape index (κ3) is 3.25. The molecule has 2 aromatic heterocycles. The highest BCUT2D eigenvalue weighted by atomic mass is 32.2. The first-order valence-corrected chi connectivity index (χ1v) is 6.83. The molecule has 0 aliphatic carbocycles. The summed E-state index contributed by atoms with van der Waals surface area (Å²) in [4.78, 5) is 29.5. The van der Waals surface area contributed by atoms with E-state index in [0.29, 0.717) is 31.9 Å². The van der Waals surface area contributed by atoms with Crippen LogP contribution >= 0.6 is 36.2 Å². The molecule has 0 saturated carbocycles. The topological polar surface area (TPSA) is 65.7 Å². The molecule has 0 spiro atoms. The summed E-state index contributed by atoms with van der Waals surface area (Å²) in [5, 5.41) is -0.796. The molecule has 2 aromatic rings. The Morgan fingerprint density at radius 2 is 1.32 bits per heavy atom. The molecular weight excluding hydrogens is 300 g/mol. The van der Waals surface area contributed by atoms with Crippen molar-refractivity contribution >= 4 is 46.4 Å². The predicted molar refractivity (Wildman–Crippen MR) is 79.5 cm³/mol. The number of aromatic amines is 2. The molecule has 0 amide bonds. The van der Waals surface area contributed by atoms with Crippen LogP contribution in [0.15, 0.2) is 36.9 Å². The Morgan fingerprint density at radius 1 is 0.895 bits per heavy atom. The van der Waals surface area contributed by atoms with E-state index in [1.807, 2.05) is 0 Å². The second kappa shape index (κ2) is 6.05. The van der Waals surface area contributed by atoms with Gasteiger partial charge in [0.25, 0.3) is 0 Å². The third-order valence-electron chi connectivity index (χ3n) is 2.27. The molecule has 2 rings (SSSR count). The minimum Gasteiger partial charge on any atom is -0.367 e. The molecular formula is C12H8N2O2S3. The van der Waals surface area contributed by atoms with Gasteiger partial charge in [0.2, 0.25) is 10.2 Å². The van der Waals surface area contributed by atoms with Gasteiger partial charge in [0.15, 0.2) is 0 Å². The van der Waals surface area contributed by atoms with Crippen molar-refractivity contribution < 1.29 is 9.59 Å². The van der Waals surface area contributed by atoms with E-state index >= 15 is 0 Å². The summed E-state index contributed by atoms with van der Waals surface area (Å²) in [5.74, 6) is 0. The molecule has 0 radical (unpaired) electrons. The average molecular weight is 308 g/mol. The second-order valence-corrected chi connectivity index (χ2v) is 5.35. The van der Waals surface area contributed by atoms with Crippen LogP contribution in [0.25, 0.3) is 0 Å². The van der Waals surface area contributed by atoms with Crippen molar-refractivity contribution in [3.8, 4) is 0 Å². The van der Waals surface area contributed by atoms with Crippen LogP contribution in [0.3, 0.4) is 0 Å². The Labute approximate surface area is 123 Å². The Kier molecular flexibility index (Phi) is 4.41. The maximum Gasteiger partial charge on any atom is 0.230 e. The first-order chi connectivity index (χ1) is 9.09. The molecule has 7 heteroatoms. The lowest BCUT2D eigenvalue weighted by atomic mass is 10.3. The quantitative estimate of drug-likeness (QED) is 0.831. The van der Waals surface area contributed by atoms with Crippen molar-refractivity contribution in [3.05, 3.63) is 57.1 Å². The van der Waals surface area contributed by atoms with Crippen LogP contribution in [0.1, 0.15) is 20.7 Å². The Balaban J connectivity index is 2.24. The maximum absolute atomic E-state index is 12.0. The SMILES string of the molecule is O=C(SC(=O)c1c[nH]ccc1=S)c1c[nH]ccc1=S. The molecule has 4 nitrogen and oxygen atoms in total. The minimum atomic E-state index is -0.398. The summed E-state index contributed by atoms with van der Waals surface area (Å²) >= 11 is 10.6. The smallest absolute Gasteiger partial charge is 0.230 e. The summed E-state index contributed by atoms with van der Waals surface area (Å²) in [7, 11) is 0. The molecule has 0 unspecified atom stereocenters. The second-order valence-electron chi connectivity index (χ2n) is 3.52. The maximum atomic E-state index is 12.0. The van der Waals surface area contributed by atoms with Crippen LogP contribution in [-0.2, 0) is 0 Å². The van der Waals surface area contributed by atoms with Gasteiger partial charge in [-0.25, -0.2) is 0 Å². The molecule has 0 bridgehead atoms. The lowest BCUT2D eigenvalue weighted by molar-refractivity contribution is 0.106. The standard InChI is InChI=1S/C12H8N2O2S3/c15-11(7-5-13-3-1-9(7)17)19-12(16)8-6-14-4-2-10(8)18/h1-6H,(H,13,17)(H,14,18). The summed E-state index contributed by atoms with van der Waals surface area (Å²) in [5.41, 5.74) is 0.614. The highest BCUT2D eigenvalue weighted by molar-refractivity contribution is 8.27. The lowest BCUT2D eigenvalue weighted by Crippen LogP contribution is -2.03. The van der Waals surface area contributed by atoms with Gasteiger partial charge in [0, 0.05) is 24.8 Å². The van der Waals surface area contributed by atoms with Crippen LogP contribution < -0.4 is 0 Å². The van der Waals surface area contributed by atoms with Crippen molar-refractivity contribution in [2.24, 2.45) is 0 Å². The van der Waals surface area contributed by atoms with E-state index in [0.717, 1.165) is 0 Å². The van der Waals surface area contributed by atoms with Gasteiger partial charge in [-0.2, -0.15) is 0 Å². The highest BCUT2D eigenvalue weighted by Gasteiger charge is 2.16. The summed E-state index contributed by atoms with van der Waals surface area (Å²) < 4.78 is 0.810. The molecule has 2 N–H and O–H groups in total. The van der Waals surface area contributed by atoms with Crippen molar-refractivity contribution in [3.63, 3.8) is 0 Å². The van der Waals surface area contributed by atoms with Gasteiger partial charge < -0.3 is 9.97 Å². The number of thioether (sulfide) groups is 1. The Bertz CT molecular complexity index is 685. The van der Waals surface area contributed by atoms with Gasteiger partial charge in [-0.1, -0.05) is 24.4 Å². The molecule has 0 aromatic carbocycles. The van der Waals surface area contributed by atoms with E-state index in [1.165, 1.54) is 12.4 Å². The zero-order chi connectivity index (χ0) is 13.8. The van der Waals surface area contributed by atoms with Gasteiger partial charge in [0.05, 0.1) is 20.1 Å². The van der Waals surface area contributed by atoms with Gasteiger partial charge >= 0.3 is 0 Å². The number of carbonyl (C=O) groups excluding carboxylic acids is 2. The molecule has 0 aliphatic rings. The fourth-order valence-corrected chi connectivity index (χ4v) is 2.64. The van der Waals surface area contributed by atoms with Gasteiger partial charge in [-0.05, 0) is 23.9 Å². The van der Waals surface area contributed by atoms with Crippen molar-refractivity contribution in [2.75, 3.05) is 0 Å². The van der Waals surface area contributed by atoms with Gasteiger partial charge in [0.1, 0.15) is 0 Å². The van der Waals surface area contributed by atoms with E-state index in [-0.39, 0.29) is 0 Å². The first-order valence-electron chi connectivity index (χ1n) is 5.20. The monoisotopic (exact) mass is 308 g/mol. The number of hydrogen-bond donors (Lipinski definition) is 2. The summed E-state index contributed by atoms with van der Waals surface area (Å²) in [6, 6.07) is 3.20. The van der Waals surface area contributed by atoms with E-state index in [4.69, 9.17) is 24.4 Å². The molecule has 19 heavy (non-hydrogen) atoms. The van der Waals surface area contributed by atoms with Gasteiger partial charge in [-0.3, -0.25) is 9.59 Å². The van der Waals surface area contributed by atoms with Crippen LogP contribution in [0.2, 0.25) is 0 Å². The first kappa shape index (κ1) is 13.9. The predicted octanol–water partition coefficient (Wildman–Crippen LogP) is 3.52. The zero-order valence-electron chi connectivity index (χ0n) is 9.51. The van der Waals surface area contributed by atoms with E-state index in [2.05, 4.69) is 9.97 Å². The van der Waals surface area contributed by atoms with Crippen molar-refractivity contribution in [2.45, 2.75) is 0 Å². The molecule has 2 heterocycles. The number of hydrogen-bond acceptors (Lipinski definition) is 5. The fraction of sp³-hybridized carbons (Fsp3) is 0. The van der Waals surface area contributed by atoms with Crippen molar-refractivity contribution in [1.82, 2.24) is 9.97 Å². The number of H-pyrrole nitrogens is 2. The molecule has 0 aliphatic heterocycles. The number of aromatic nitrogens is 2. The molecule has 0 saturated heterocycles. The van der Waals surface area contributed by atoms with E-state index in [1.54, 1.807) is 24.5 Å². The lowest BCUT2D eigenvalue weighted by Gasteiger charge is -2.00. The normalized spacial score (nSPS) is 10.1. The van der Waals surface area contributed by atoms with Crippen molar-refractivity contribution in [1.29, 1.82) is 0 Å². The van der Waals surface area contributed by atoms with E-state index < -0.39 is 10.2 Å².